The van der Waals surface area contributed by atoms with Gasteiger partial charge in [0.15, 0.2) is 0 Å². The summed E-state index contributed by atoms with van der Waals surface area (Å²) in [4.78, 5) is 12.8. The van der Waals surface area contributed by atoms with Gasteiger partial charge in [0.2, 0.25) is 15.9 Å². The van der Waals surface area contributed by atoms with Gasteiger partial charge in [-0.25, -0.2) is 13.6 Å². The monoisotopic (exact) mass is 415 g/mol. The number of para-hydroxylation sites is 1. The molecule has 0 fully saturated rings. The molecule has 2 aromatic carbocycles. The van der Waals surface area contributed by atoms with Crippen molar-refractivity contribution in [3.8, 4) is 0 Å². The summed E-state index contributed by atoms with van der Waals surface area (Å²) < 4.78 is 63.0. The van der Waals surface area contributed by atoms with Crippen LogP contribution in [-0.2, 0) is 21.0 Å². The number of hydrogen-bond donors (Lipinski definition) is 2. The number of hydrogen-bond acceptors (Lipinski definition) is 4. The molecule has 0 atom stereocenters. The maximum absolute atomic E-state index is 13.4. The molecule has 0 saturated heterocycles. The minimum Gasteiger partial charge on any atom is -0.365 e. The van der Waals surface area contributed by atoms with E-state index in [1.54, 1.807) is 26.0 Å². The maximum atomic E-state index is 13.4. The van der Waals surface area contributed by atoms with Gasteiger partial charge in [0.25, 0.3) is 0 Å². The molecule has 152 valence electrons. The van der Waals surface area contributed by atoms with E-state index in [1.807, 2.05) is 6.07 Å². The molecular formula is C18H20F3N3O3S. The molecule has 0 unspecified atom stereocenters. The molecule has 2 aromatic rings. The van der Waals surface area contributed by atoms with Gasteiger partial charge in [0, 0.05) is 18.4 Å². The fourth-order valence-electron chi connectivity index (χ4n) is 2.74. The number of anilines is 2. The van der Waals surface area contributed by atoms with Crippen molar-refractivity contribution in [2.45, 2.75) is 24.9 Å². The average Bonchev–Trinajstić information content (AvgIpc) is 2.56. The summed E-state index contributed by atoms with van der Waals surface area (Å²) in [5.74, 6) is -0.511. The van der Waals surface area contributed by atoms with Gasteiger partial charge >= 0.3 is 6.18 Å². The topological polar surface area (TPSA) is 92.5 Å². The normalized spacial score (nSPS) is 12.0. The lowest BCUT2D eigenvalue weighted by Gasteiger charge is -2.24. The Labute approximate surface area is 161 Å². The van der Waals surface area contributed by atoms with Crippen molar-refractivity contribution in [2.24, 2.45) is 5.14 Å². The van der Waals surface area contributed by atoms with Crippen LogP contribution in [0.1, 0.15) is 16.7 Å². The number of carbonyl (C=O) groups excluding carboxylic acids is 1. The molecule has 2 rings (SSSR count). The molecule has 0 bridgehead atoms. The van der Waals surface area contributed by atoms with E-state index in [1.165, 1.54) is 7.05 Å². The second kappa shape index (κ2) is 7.80. The zero-order valence-corrected chi connectivity index (χ0v) is 16.3. The first-order valence-corrected chi connectivity index (χ1v) is 9.66. The third kappa shape index (κ3) is 5.02. The number of nitrogens with two attached hydrogens (primary N) is 1. The lowest BCUT2D eigenvalue weighted by atomic mass is 10.1. The Bertz CT molecular complexity index is 985. The highest BCUT2D eigenvalue weighted by molar-refractivity contribution is 7.89. The smallest absolute Gasteiger partial charge is 0.365 e. The van der Waals surface area contributed by atoms with Gasteiger partial charge in [0.1, 0.15) is 0 Å². The predicted octanol–water partition coefficient (Wildman–Crippen LogP) is 3.04. The van der Waals surface area contributed by atoms with E-state index in [0.717, 1.165) is 28.2 Å². The molecular weight excluding hydrogens is 395 g/mol. The number of likely N-dealkylation sites (N-methyl/N-ethyl adjacent to an activating group) is 1. The van der Waals surface area contributed by atoms with Crippen LogP contribution in [0, 0.1) is 13.8 Å². The Hall–Kier alpha value is -2.59. The number of nitrogens with zero attached hydrogens (tertiary/aromatic N) is 1. The second-order valence-electron chi connectivity index (χ2n) is 6.39. The van der Waals surface area contributed by atoms with Crippen LogP contribution >= 0.6 is 0 Å². The van der Waals surface area contributed by atoms with Gasteiger partial charge < -0.3 is 10.2 Å². The minimum atomic E-state index is -4.83. The van der Waals surface area contributed by atoms with Gasteiger partial charge in [-0.3, -0.25) is 4.79 Å². The highest BCUT2D eigenvalue weighted by atomic mass is 32.2. The Balaban J connectivity index is 2.31. The lowest BCUT2D eigenvalue weighted by molar-refractivity contribution is -0.137. The highest BCUT2D eigenvalue weighted by Gasteiger charge is 2.35. The first-order valence-electron chi connectivity index (χ1n) is 8.12. The van der Waals surface area contributed by atoms with Gasteiger partial charge in [-0.2, -0.15) is 13.2 Å². The van der Waals surface area contributed by atoms with Crippen LogP contribution in [0.5, 0.6) is 0 Å². The summed E-state index contributed by atoms with van der Waals surface area (Å²) in [6.45, 7) is 3.24. The number of benzene rings is 2. The Kier molecular flexibility index (Phi) is 6.05. The molecule has 28 heavy (non-hydrogen) atoms. The predicted molar refractivity (Wildman–Crippen MR) is 101 cm³/mol. The van der Waals surface area contributed by atoms with Crippen LogP contribution in [-0.4, -0.2) is 27.9 Å². The fourth-order valence-corrected chi connectivity index (χ4v) is 3.28. The number of sulfonamides is 1. The SMILES string of the molecule is Cc1cccc(C)c1NC(=O)CN(C)c1ccc(S(N)(=O)=O)cc1C(F)(F)F. The van der Waals surface area contributed by atoms with Gasteiger partial charge in [0.05, 0.1) is 17.0 Å². The Morgan fingerprint density at radius 1 is 1.14 bits per heavy atom. The number of alkyl halides is 3. The van der Waals surface area contributed by atoms with Crippen molar-refractivity contribution in [2.75, 3.05) is 23.8 Å². The third-order valence-corrected chi connectivity index (χ3v) is 5.05. The van der Waals surface area contributed by atoms with Crippen LogP contribution in [0.2, 0.25) is 0 Å². The molecule has 0 aliphatic carbocycles. The Morgan fingerprint density at radius 3 is 2.21 bits per heavy atom. The zero-order chi connectivity index (χ0) is 21.3. The summed E-state index contributed by atoms with van der Waals surface area (Å²) in [5, 5.41) is 7.61. The Morgan fingerprint density at radius 2 is 1.71 bits per heavy atom. The summed E-state index contributed by atoms with van der Waals surface area (Å²) in [7, 11) is -2.99. The maximum Gasteiger partial charge on any atom is 0.418 e. The number of nitrogens with one attached hydrogen (secondary N) is 1. The number of aryl methyl sites for hydroxylation is 2. The van der Waals surface area contributed by atoms with E-state index in [2.05, 4.69) is 5.32 Å². The molecule has 0 spiro atoms. The van der Waals surface area contributed by atoms with Gasteiger partial charge in [-0.1, -0.05) is 18.2 Å². The molecule has 6 nitrogen and oxygen atoms in total. The fraction of sp³-hybridized carbons (Fsp3) is 0.278. The molecule has 0 heterocycles. The molecule has 0 radical (unpaired) electrons. The van der Waals surface area contributed by atoms with E-state index in [-0.39, 0.29) is 12.2 Å². The third-order valence-electron chi connectivity index (χ3n) is 4.14. The van der Waals surface area contributed by atoms with Crippen LogP contribution < -0.4 is 15.4 Å². The standard InChI is InChI=1S/C18H20F3N3O3S/c1-11-5-4-6-12(2)17(11)23-16(25)10-24(3)15-8-7-13(28(22,26)27)9-14(15)18(19,20)21/h4-9H,10H2,1-3H3,(H,23,25)(H2,22,26,27). The van der Waals surface area contributed by atoms with Crippen molar-refractivity contribution in [1.29, 1.82) is 0 Å². The quantitative estimate of drug-likeness (QED) is 0.785. The van der Waals surface area contributed by atoms with Crippen LogP contribution in [0.25, 0.3) is 0 Å². The molecule has 3 N–H and O–H groups in total. The van der Waals surface area contributed by atoms with E-state index < -0.39 is 32.6 Å². The number of halogens is 3. The van der Waals surface area contributed by atoms with E-state index in [9.17, 15) is 26.4 Å². The zero-order valence-electron chi connectivity index (χ0n) is 15.5. The van der Waals surface area contributed by atoms with Crippen molar-refractivity contribution < 1.29 is 26.4 Å². The van der Waals surface area contributed by atoms with E-state index in [4.69, 9.17) is 5.14 Å². The van der Waals surface area contributed by atoms with Crippen LogP contribution in [0.4, 0.5) is 24.5 Å². The summed E-state index contributed by atoms with van der Waals surface area (Å²) >= 11 is 0. The average molecular weight is 415 g/mol. The minimum absolute atomic E-state index is 0.337. The van der Waals surface area contributed by atoms with Crippen molar-refractivity contribution in [1.82, 2.24) is 0 Å². The summed E-state index contributed by atoms with van der Waals surface area (Å²) in [5.41, 5.74) is 0.716. The number of primary sulfonamides is 1. The largest absolute Gasteiger partial charge is 0.418 e. The van der Waals surface area contributed by atoms with Gasteiger partial charge in [-0.05, 0) is 43.2 Å². The number of rotatable bonds is 5. The van der Waals surface area contributed by atoms with Crippen molar-refractivity contribution in [3.05, 3.63) is 53.1 Å². The highest BCUT2D eigenvalue weighted by Crippen LogP contribution is 2.37. The number of carbonyl (C=O) groups is 1. The van der Waals surface area contributed by atoms with E-state index >= 15 is 0 Å². The molecule has 0 aromatic heterocycles. The summed E-state index contributed by atoms with van der Waals surface area (Å²) in [6.07, 6.45) is -4.83. The molecule has 1 amide bonds. The first kappa shape index (κ1) is 21.7. The first-order chi connectivity index (χ1) is 12.8. The van der Waals surface area contributed by atoms with Gasteiger partial charge in [-0.15, -0.1) is 0 Å². The molecule has 0 aliphatic rings. The van der Waals surface area contributed by atoms with Crippen LogP contribution in [0.3, 0.4) is 0 Å². The summed E-state index contributed by atoms with van der Waals surface area (Å²) in [6, 6.07) is 7.86. The van der Waals surface area contributed by atoms with Crippen LogP contribution in [0.15, 0.2) is 41.3 Å². The lowest BCUT2D eigenvalue weighted by Crippen LogP contribution is -2.32. The molecule has 10 heteroatoms. The second-order valence-corrected chi connectivity index (χ2v) is 7.95. The van der Waals surface area contributed by atoms with E-state index in [0.29, 0.717) is 11.8 Å². The van der Waals surface area contributed by atoms with Crippen molar-refractivity contribution in [3.63, 3.8) is 0 Å². The number of amides is 1. The molecule has 0 saturated carbocycles. The molecule has 0 aliphatic heterocycles. The van der Waals surface area contributed by atoms with Crippen molar-refractivity contribution >= 4 is 27.3 Å².